The number of hydrogen-bond acceptors (Lipinski definition) is 5. The molecule has 8 nitrogen and oxygen atoms in total. The highest BCUT2D eigenvalue weighted by Crippen LogP contribution is 2.39. The van der Waals surface area contributed by atoms with E-state index in [2.05, 4.69) is 5.32 Å². The van der Waals surface area contributed by atoms with E-state index in [-0.39, 0.29) is 36.3 Å². The van der Waals surface area contributed by atoms with Crippen LogP contribution in [-0.4, -0.2) is 59.0 Å². The summed E-state index contributed by atoms with van der Waals surface area (Å²) >= 11 is 0. The Labute approximate surface area is 206 Å². The molecule has 1 aromatic heterocycles. The van der Waals surface area contributed by atoms with E-state index in [4.69, 9.17) is 9.15 Å². The summed E-state index contributed by atoms with van der Waals surface area (Å²) in [6.07, 6.45) is 2.94. The lowest BCUT2D eigenvalue weighted by atomic mass is 9.90. The number of hydrogen-bond donors (Lipinski definition) is 1. The van der Waals surface area contributed by atoms with Gasteiger partial charge >= 0.3 is 0 Å². The Morgan fingerprint density at radius 2 is 1.86 bits per heavy atom. The minimum atomic E-state index is -0.925. The van der Waals surface area contributed by atoms with Gasteiger partial charge in [-0.05, 0) is 36.6 Å². The number of likely N-dealkylation sites (tertiary alicyclic amines) is 1. The van der Waals surface area contributed by atoms with Crippen molar-refractivity contribution in [1.82, 2.24) is 15.1 Å². The molecule has 1 spiro atoms. The molecule has 2 fully saturated rings. The van der Waals surface area contributed by atoms with Crippen molar-refractivity contribution < 1.29 is 23.5 Å². The van der Waals surface area contributed by atoms with Gasteiger partial charge in [0.25, 0.3) is 5.91 Å². The maximum atomic E-state index is 13.8. The highest BCUT2D eigenvalue weighted by Gasteiger charge is 2.54. The fourth-order valence-electron chi connectivity index (χ4n) is 4.86. The fraction of sp³-hybridized carbons (Fsp3) is 0.519. The molecule has 35 heavy (non-hydrogen) atoms. The molecule has 3 amide bonds. The molecule has 8 heteroatoms. The zero-order valence-electron chi connectivity index (χ0n) is 21.0. The van der Waals surface area contributed by atoms with Crippen molar-refractivity contribution in [1.29, 1.82) is 0 Å². The number of nitrogens with zero attached hydrogens (tertiary/aromatic N) is 2. The number of furan rings is 1. The topological polar surface area (TPSA) is 92.1 Å². The van der Waals surface area contributed by atoms with E-state index in [1.165, 1.54) is 0 Å². The van der Waals surface area contributed by atoms with Gasteiger partial charge in [0.1, 0.15) is 17.5 Å². The molecule has 4 rings (SSSR count). The van der Waals surface area contributed by atoms with Gasteiger partial charge in [0.2, 0.25) is 11.8 Å². The van der Waals surface area contributed by atoms with Crippen LogP contribution in [-0.2, 0) is 20.9 Å². The van der Waals surface area contributed by atoms with Crippen molar-refractivity contribution >= 4 is 17.7 Å². The van der Waals surface area contributed by atoms with Gasteiger partial charge in [0.05, 0.1) is 19.4 Å². The SMILES string of the molecule is Cc1cccc(C(=O)N2[C@@H](C(=O)NCc3ccco3)COC23CCN(C(=O)CC(C)(C)C)CC3)c1. The molecule has 1 aromatic carbocycles. The fourth-order valence-corrected chi connectivity index (χ4v) is 4.86. The number of carbonyl (C=O) groups is 3. The van der Waals surface area contributed by atoms with Crippen LogP contribution in [0.4, 0.5) is 0 Å². The molecule has 0 unspecified atom stereocenters. The highest BCUT2D eigenvalue weighted by atomic mass is 16.5. The Bertz CT molecular complexity index is 1060. The number of carbonyl (C=O) groups excluding carboxylic acids is 3. The monoisotopic (exact) mass is 481 g/mol. The molecule has 0 aliphatic carbocycles. The zero-order valence-corrected chi connectivity index (χ0v) is 21.0. The molecule has 0 bridgehead atoms. The van der Waals surface area contributed by atoms with Crippen LogP contribution in [0.2, 0.25) is 0 Å². The first kappa shape index (κ1) is 25.0. The van der Waals surface area contributed by atoms with E-state index in [1.54, 1.807) is 29.4 Å². The maximum absolute atomic E-state index is 13.8. The summed E-state index contributed by atoms with van der Waals surface area (Å²) in [6.45, 7) is 9.37. The second-order valence-electron chi connectivity index (χ2n) is 10.7. The van der Waals surface area contributed by atoms with Gasteiger partial charge in [-0.25, -0.2) is 0 Å². The van der Waals surface area contributed by atoms with Crippen LogP contribution in [0.1, 0.15) is 61.7 Å². The average molecular weight is 482 g/mol. The summed E-state index contributed by atoms with van der Waals surface area (Å²) in [7, 11) is 0. The number of rotatable bonds is 5. The van der Waals surface area contributed by atoms with Gasteiger partial charge in [-0.1, -0.05) is 38.5 Å². The highest BCUT2D eigenvalue weighted by molar-refractivity contribution is 5.98. The second-order valence-corrected chi connectivity index (χ2v) is 10.7. The molecule has 2 saturated heterocycles. The van der Waals surface area contributed by atoms with Crippen molar-refractivity contribution in [2.24, 2.45) is 5.41 Å². The molecule has 0 radical (unpaired) electrons. The first-order chi connectivity index (χ1) is 16.6. The lowest BCUT2D eigenvalue weighted by Crippen LogP contribution is -2.59. The van der Waals surface area contributed by atoms with E-state index < -0.39 is 11.8 Å². The van der Waals surface area contributed by atoms with Crippen LogP contribution >= 0.6 is 0 Å². The first-order valence-corrected chi connectivity index (χ1v) is 12.2. The van der Waals surface area contributed by atoms with Crippen LogP contribution in [0.15, 0.2) is 47.1 Å². The summed E-state index contributed by atoms with van der Waals surface area (Å²) in [6, 6.07) is 10.1. The Balaban J connectivity index is 1.54. The first-order valence-electron chi connectivity index (χ1n) is 12.2. The zero-order chi connectivity index (χ0) is 25.2. The van der Waals surface area contributed by atoms with Crippen molar-refractivity contribution in [3.8, 4) is 0 Å². The summed E-state index contributed by atoms with van der Waals surface area (Å²) in [4.78, 5) is 43.3. The predicted molar refractivity (Wildman–Crippen MR) is 130 cm³/mol. The molecule has 1 N–H and O–H groups in total. The van der Waals surface area contributed by atoms with Gasteiger partial charge in [-0.2, -0.15) is 0 Å². The number of nitrogens with one attached hydrogen (secondary N) is 1. The van der Waals surface area contributed by atoms with E-state index in [1.807, 2.05) is 50.8 Å². The predicted octanol–water partition coefficient (Wildman–Crippen LogP) is 3.50. The Morgan fingerprint density at radius 3 is 2.49 bits per heavy atom. The minimum Gasteiger partial charge on any atom is -0.467 e. The molecule has 2 aliphatic rings. The Morgan fingerprint density at radius 1 is 1.11 bits per heavy atom. The van der Waals surface area contributed by atoms with Crippen LogP contribution < -0.4 is 5.32 Å². The van der Waals surface area contributed by atoms with Gasteiger partial charge in [-0.15, -0.1) is 0 Å². The van der Waals surface area contributed by atoms with Gasteiger partial charge in [0.15, 0.2) is 0 Å². The summed E-state index contributed by atoms with van der Waals surface area (Å²) in [5, 5.41) is 2.88. The third-order valence-corrected chi connectivity index (χ3v) is 6.64. The average Bonchev–Trinajstić information content (AvgIpc) is 3.45. The molecule has 1 atom stereocenters. The molecule has 3 heterocycles. The standard InChI is InChI=1S/C27H35N3O5/c1-19-7-5-8-20(15-19)25(33)30-22(24(32)28-17-21-9-6-14-34-21)18-35-27(30)10-12-29(13-11-27)23(31)16-26(2,3)4/h5-9,14-15,22H,10-13,16-18H2,1-4H3,(H,28,32)/t22-/m1/s1. The smallest absolute Gasteiger partial charge is 0.256 e. The van der Waals surface area contributed by atoms with Crippen LogP contribution in [0.5, 0.6) is 0 Å². The number of amides is 3. The third-order valence-electron chi connectivity index (χ3n) is 6.64. The van der Waals surface area contributed by atoms with Crippen LogP contribution in [0.25, 0.3) is 0 Å². The summed E-state index contributed by atoms with van der Waals surface area (Å²) < 4.78 is 11.6. The molecular formula is C27H35N3O5. The molecule has 0 saturated carbocycles. The number of benzene rings is 1. The van der Waals surface area contributed by atoms with Crippen molar-refractivity contribution in [2.75, 3.05) is 19.7 Å². The molecule has 188 valence electrons. The maximum Gasteiger partial charge on any atom is 0.256 e. The van der Waals surface area contributed by atoms with Crippen LogP contribution in [0, 0.1) is 12.3 Å². The van der Waals surface area contributed by atoms with Crippen LogP contribution in [0.3, 0.4) is 0 Å². The van der Waals surface area contributed by atoms with Crippen molar-refractivity contribution in [2.45, 2.75) is 65.3 Å². The summed E-state index contributed by atoms with van der Waals surface area (Å²) in [5.41, 5.74) is 0.461. The minimum absolute atomic E-state index is 0.0968. The number of piperidine rings is 1. The lowest BCUT2D eigenvalue weighted by molar-refractivity contribution is -0.145. The van der Waals surface area contributed by atoms with Gasteiger partial charge in [0, 0.05) is 37.9 Å². The van der Waals surface area contributed by atoms with Gasteiger partial charge < -0.3 is 19.4 Å². The quantitative estimate of drug-likeness (QED) is 0.706. The largest absolute Gasteiger partial charge is 0.467 e. The second kappa shape index (κ2) is 9.85. The molecule has 2 aliphatic heterocycles. The van der Waals surface area contributed by atoms with E-state index >= 15 is 0 Å². The van der Waals surface area contributed by atoms with E-state index in [9.17, 15) is 14.4 Å². The molecular weight excluding hydrogens is 446 g/mol. The third kappa shape index (κ3) is 5.59. The van der Waals surface area contributed by atoms with E-state index in [0.717, 1.165) is 5.56 Å². The Kier molecular flexibility index (Phi) is 7.03. The van der Waals surface area contributed by atoms with Crippen molar-refractivity contribution in [3.05, 3.63) is 59.5 Å². The normalized spacial score (nSPS) is 19.7. The van der Waals surface area contributed by atoms with Gasteiger partial charge in [-0.3, -0.25) is 19.3 Å². The number of aryl methyl sites for hydroxylation is 1. The number of ether oxygens (including phenoxy) is 1. The van der Waals surface area contributed by atoms with Crippen molar-refractivity contribution in [3.63, 3.8) is 0 Å². The summed E-state index contributed by atoms with van der Waals surface area (Å²) in [5.74, 6) is 0.216. The van der Waals surface area contributed by atoms with E-state index in [0.29, 0.717) is 43.7 Å². The molecule has 2 aromatic rings. The Hall–Kier alpha value is -3.13. The lowest BCUT2D eigenvalue weighted by Gasteiger charge is -2.44.